The third kappa shape index (κ3) is 3.95. The van der Waals surface area contributed by atoms with Gasteiger partial charge in [0.1, 0.15) is 11.5 Å². The van der Waals surface area contributed by atoms with Gasteiger partial charge >= 0.3 is 5.97 Å². The zero-order valence-corrected chi connectivity index (χ0v) is 13.0. The molecule has 1 aliphatic carbocycles. The first-order valence-corrected chi connectivity index (χ1v) is 7.76. The minimum absolute atomic E-state index is 0.158. The van der Waals surface area contributed by atoms with Crippen LogP contribution in [0.25, 0.3) is 0 Å². The van der Waals surface area contributed by atoms with Crippen LogP contribution in [-0.2, 0) is 6.54 Å². The second kappa shape index (κ2) is 6.78. The van der Waals surface area contributed by atoms with Crippen molar-refractivity contribution in [3.63, 3.8) is 0 Å². The maximum atomic E-state index is 13.0. The summed E-state index contributed by atoms with van der Waals surface area (Å²) in [4.78, 5) is 29.2. The molecule has 1 aromatic carbocycles. The number of aromatic nitrogens is 1. The lowest BCUT2D eigenvalue weighted by Crippen LogP contribution is -2.32. The van der Waals surface area contributed by atoms with E-state index in [4.69, 9.17) is 5.11 Å². The van der Waals surface area contributed by atoms with E-state index in [1.165, 1.54) is 30.5 Å². The van der Waals surface area contributed by atoms with Gasteiger partial charge in [-0.25, -0.2) is 14.2 Å². The van der Waals surface area contributed by atoms with Crippen molar-refractivity contribution in [2.75, 3.05) is 6.54 Å². The largest absolute Gasteiger partial charge is 0.477 e. The molecule has 0 saturated heterocycles. The first-order chi connectivity index (χ1) is 11.5. The Morgan fingerprint density at radius 3 is 2.54 bits per heavy atom. The number of halogens is 1. The maximum Gasteiger partial charge on any atom is 0.354 e. The smallest absolute Gasteiger partial charge is 0.354 e. The number of carboxylic acids is 1. The van der Waals surface area contributed by atoms with E-state index in [-0.39, 0.29) is 17.4 Å². The van der Waals surface area contributed by atoms with Gasteiger partial charge in [0.15, 0.2) is 0 Å². The number of benzene rings is 1. The number of hydrogen-bond acceptors (Lipinski definition) is 3. The lowest BCUT2D eigenvalue weighted by Gasteiger charge is -2.23. The zero-order valence-electron chi connectivity index (χ0n) is 13.0. The Bertz CT molecular complexity index is 757. The Balaban J connectivity index is 1.81. The molecule has 1 N–H and O–H groups in total. The normalized spacial score (nSPS) is 13.5. The van der Waals surface area contributed by atoms with Gasteiger partial charge in [0.05, 0.1) is 0 Å². The minimum Gasteiger partial charge on any atom is -0.477 e. The van der Waals surface area contributed by atoms with E-state index in [9.17, 15) is 14.0 Å². The fourth-order valence-electron chi connectivity index (χ4n) is 2.50. The second-order valence-corrected chi connectivity index (χ2v) is 5.99. The predicted molar refractivity (Wildman–Crippen MR) is 85.1 cm³/mol. The standard InChI is InChI=1S/C18H17FN2O3/c19-15-5-3-13(4-6-15)11-21(10-12-1-2-12)17(22)14-7-8-20-16(9-14)18(23)24/h3-9,12H,1-2,10-11H2,(H,23,24). The quantitative estimate of drug-likeness (QED) is 0.885. The lowest BCUT2D eigenvalue weighted by molar-refractivity contribution is 0.0690. The van der Waals surface area contributed by atoms with Crippen molar-refractivity contribution < 1.29 is 19.1 Å². The van der Waals surface area contributed by atoms with Gasteiger partial charge in [0.2, 0.25) is 0 Å². The Morgan fingerprint density at radius 2 is 1.92 bits per heavy atom. The number of aromatic carboxylic acids is 1. The summed E-state index contributed by atoms with van der Waals surface area (Å²) in [6, 6.07) is 8.83. The van der Waals surface area contributed by atoms with Crippen molar-refractivity contribution in [3.8, 4) is 0 Å². The number of pyridine rings is 1. The summed E-state index contributed by atoms with van der Waals surface area (Å²) in [5.74, 6) is -1.25. The van der Waals surface area contributed by atoms with Crippen molar-refractivity contribution in [1.29, 1.82) is 0 Å². The Morgan fingerprint density at radius 1 is 1.21 bits per heavy atom. The van der Waals surface area contributed by atoms with Crippen LogP contribution in [0.15, 0.2) is 42.6 Å². The number of carbonyl (C=O) groups is 2. The zero-order chi connectivity index (χ0) is 17.1. The van der Waals surface area contributed by atoms with E-state index in [2.05, 4.69) is 4.98 Å². The van der Waals surface area contributed by atoms with Gasteiger partial charge in [-0.05, 0) is 48.6 Å². The SMILES string of the molecule is O=C(O)c1cc(C(=O)N(Cc2ccc(F)cc2)CC2CC2)ccn1. The highest BCUT2D eigenvalue weighted by Crippen LogP contribution is 2.30. The van der Waals surface area contributed by atoms with E-state index >= 15 is 0 Å². The molecule has 2 aromatic rings. The summed E-state index contributed by atoms with van der Waals surface area (Å²) in [5, 5.41) is 9.02. The van der Waals surface area contributed by atoms with Crippen LogP contribution in [0.3, 0.4) is 0 Å². The molecule has 5 nitrogen and oxygen atoms in total. The molecule has 3 rings (SSSR count). The van der Waals surface area contributed by atoms with Crippen LogP contribution in [0.4, 0.5) is 4.39 Å². The summed E-state index contributed by atoms with van der Waals surface area (Å²) in [7, 11) is 0. The molecule has 0 bridgehead atoms. The number of nitrogens with zero attached hydrogens (tertiary/aromatic N) is 2. The van der Waals surface area contributed by atoms with E-state index < -0.39 is 5.97 Å². The summed E-state index contributed by atoms with van der Waals surface area (Å²) >= 11 is 0. The van der Waals surface area contributed by atoms with Crippen LogP contribution in [0.1, 0.15) is 39.3 Å². The van der Waals surface area contributed by atoms with Crippen molar-refractivity contribution in [2.24, 2.45) is 5.92 Å². The van der Waals surface area contributed by atoms with Gasteiger partial charge in [0, 0.05) is 24.8 Å². The summed E-state index contributed by atoms with van der Waals surface area (Å²) < 4.78 is 13.0. The van der Waals surface area contributed by atoms with Crippen LogP contribution in [0.5, 0.6) is 0 Å². The average Bonchev–Trinajstić information content (AvgIpc) is 3.40. The molecule has 0 radical (unpaired) electrons. The average molecular weight is 328 g/mol. The molecule has 0 unspecified atom stereocenters. The molecule has 124 valence electrons. The van der Waals surface area contributed by atoms with E-state index in [1.807, 2.05) is 0 Å². The van der Waals surface area contributed by atoms with Crippen LogP contribution in [-0.4, -0.2) is 33.4 Å². The number of hydrogen-bond donors (Lipinski definition) is 1. The molecule has 24 heavy (non-hydrogen) atoms. The molecule has 1 aromatic heterocycles. The number of carboxylic acid groups (broad SMARTS) is 1. The molecule has 6 heteroatoms. The number of amides is 1. The molecule has 0 aliphatic heterocycles. The molecular weight excluding hydrogens is 311 g/mol. The summed E-state index contributed by atoms with van der Waals surface area (Å²) in [6.45, 7) is 0.973. The molecule has 0 spiro atoms. The second-order valence-electron chi connectivity index (χ2n) is 5.99. The Labute approximate surface area is 138 Å². The van der Waals surface area contributed by atoms with Crippen LogP contribution < -0.4 is 0 Å². The van der Waals surface area contributed by atoms with Gasteiger partial charge in [-0.3, -0.25) is 4.79 Å². The summed E-state index contributed by atoms with van der Waals surface area (Å²) in [6.07, 6.45) is 3.50. The fourth-order valence-corrected chi connectivity index (χ4v) is 2.50. The Hall–Kier alpha value is -2.76. The third-order valence-corrected chi connectivity index (χ3v) is 3.98. The number of rotatable bonds is 6. The first-order valence-electron chi connectivity index (χ1n) is 7.76. The maximum absolute atomic E-state index is 13.0. The van der Waals surface area contributed by atoms with Crippen LogP contribution >= 0.6 is 0 Å². The lowest BCUT2D eigenvalue weighted by atomic mass is 10.1. The highest BCUT2D eigenvalue weighted by atomic mass is 19.1. The monoisotopic (exact) mass is 328 g/mol. The Kier molecular flexibility index (Phi) is 4.55. The molecule has 1 fully saturated rings. The molecule has 1 heterocycles. The predicted octanol–water partition coefficient (Wildman–Crippen LogP) is 2.97. The van der Waals surface area contributed by atoms with E-state index in [0.717, 1.165) is 18.4 Å². The van der Waals surface area contributed by atoms with E-state index in [0.29, 0.717) is 24.6 Å². The third-order valence-electron chi connectivity index (χ3n) is 3.98. The highest BCUT2D eigenvalue weighted by Gasteiger charge is 2.27. The molecule has 1 aliphatic rings. The van der Waals surface area contributed by atoms with Crippen molar-refractivity contribution in [1.82, 2.24) is 9.88 Å². The molecule has 1 amide bonds. The number of carbonyl (C=O) groups excluding carboxylic acids is 1. The van der Waals surface area contributed by atoms with E-state index in [1.54, 1.807) is 17.0 Å². The fraction of sp³-hybridized carbons (Fsp3) is 0.278. The van der Waals surface area contributed by atoms with Crippen molar-refractivity contribution >= 4 is 11.9 Å². The van der Waals surface area contributed by atoms with Crippen molar-refractivity contribution in [3.05, 3.63) is 65.2 Å². The van der Waals surface area contributed by atoms with Gasteiger partial charge in [0.25, 0.3) is 5.91 Å². The minimum atomic E-state index is -1.17. The van der Waals surface area contributed by atoms with Gasteiger partial charge in [-0.1, -0.05) is 12.1 Å². The van der Waals surface area contributed by atoms with Crippen LogP contribution in [0.2, 0.25) is 0 Å². The molecule has 0 atom stereocenters. The van der Waals surface area contributed by atoms with Gasteiger partial charge in [-0.15, -0.1) is 0 Å². The summed E-state index contributed by atoms with van der Waals surface area (Å²) in [5.41, 5.74) is 0.970. The topological polar surface area (TPSA) is 70.5 Å². The first kappa shape index (κ1) is 16.1. The molecule has 1 saturated carbocycles. The molecular formula is C18H17FN2O3. The van der Waals surface area contributed by atoms with Crippen LogP contribution in [0, 0.1) is 11.7 Å². The van der Waals surface area contributed by atoms with Crippen molar-refractivity contribution in [2.45, 2.75) is 19.4 Å². The highest BCUT2D eigenvalue weighted by molar-refractivity contribution is 5.96. The van der Waals surface area contributed by atoms with Gasteiger partial charge < -0.3 is 10.0 Å². The van der Waals surface area contributed by atoms with Gasteiger partial charge in [-0.2, -0.15) is 0 Å².